The number of rotatable bonds is 5. The Morgan fingerprint density at radius 2 is 1.50 bits per heavy atom. The monoisotopic (exact) mass is 343 g/mol. The highest BCUT2D eigenvalue weighted by Crippen LogP contribution is 2.33. The van der Waals surface area contributed by atoms with Crippen LogP contribution in [-0.2, 0) is 10.5 Å². The van der Waals surface area contributed by atoms with Crippen LogP contribution < -0.4 is 0 Å². The van der Waals surface area contributed by atoms with Crippen LogP contribution in [0.4, 0.5) is 0 Å². The molecule has 0 radical (unpaired) electrons. The minimum Gasteiger partial charge on any atom is -0.347 e. The molecule has 26 heavy (non-hydrogen) atoms. The van der Waals surface area contributed by atoms with Gasteiger partial charge in [-0.3, -0.25) is 4.79 Å². The van der Waals surface area contributed by atoms with Crippen molar-refractivity contribution < 1.29 is 9.53 Å². The third-order valence-corrected chi connectivity index (χ3v) is 4.45. The van der Waals surface area contributed by atoms with Crippen molar-refractivity contribution in [2.45, 2.75) is 5.72 Å². The molecule has 0 aliphatic carbocycles. The van der Waals surface area contributed by atoms with Gasteiger partial charge in [-0.25, -0.2) is 4.68 Å². The van der Waals surface area contributed by atoms with E-state index in [0.29, 0.717) is 16.6 Å². The number of ketones is 1. The Kier molecular flexibility index (Phi) is 4.07. The first-order chi connectivity index (χ1) is 12.8. The fourth-order valence-electron chi connectivity index (χ4n) is 3.20. The first kappa shape index (κ1) is 16.2. The van der Waals surface area contributed by atoms with E-state index in [1.165, 1.54) is 7.11 Å². The van der Waals surface area contributed by atoms with E-state index in [1.54, 1.807) is 16.8 Å². The number of carbonyl (C=O) groups excluding carboxylic acids is 1. The highest BCUT2D eigenvalue weighted by atomic mass is 16.5. The summed E-state index contributed by atoms with van der Waals surface area (Å²) in [5.41, 5.74) is 1.21. The van der Waals surface area contributed by atoms with Gasteiger partial charge in [-0.2, -0.15) is 0 Å². The molecule has 0 amide bonds. The minimum atomic E-state index is -1.45. The van der Waals surface area contributed by atoms with E-state index in [2.05, 4.69) is 10.3 Å². The number of ether oxygens (including phenoxy) is 1. The lowest BCUT2D eigenvalue weighted by Crippen LogP contribution is -2.45. The van der Waals surface area contributed by atoms with Crippen LogP contribution in [0.3, 0.4) is 0 Å². The minimum absolute atomic E-state index is 0.206. The van der Waals surface area contributed by atoms with Crippen LogP contribution in [0, 0.1) is 0 Å². The molecule has 0 bridgehead atoms. The number of Topliss-reactive ketones (excluding diaryl/α,β-unsaturated/α-hetero) is 1. The summed E-state index contributed by atoms with van der Waals surface area (Å²) in [6.45, 7) is 0. The van der Waals surface area contributed by atoms with E-state index >= 15 is 0 Å². The van der Waals surface area contributed by atoms with Gasteiger partial charge in [0.15, 0.2) is 0 Å². The van der Waals surface area contributed by atoms with Crippen molar-refractivity contribution >= 4 is 16.8 Å². The Bertz CT molecular complexity index is 1040. The lowest BCUT2D eigenvalue weighted by atomic mass is 9.93. The molecular weight excluding hydrogens is 326 g/mol. The third kappa shape index (κ3) is 2.41. The summed E-state index contributed by atoms with van der Waals surface area (Å²) in [5, 5.41) is 8.50. The van der Waals surface area contributed by atoms with E-state index < -0.39 is 5.72 Å². The number of para-hydroxylation sites is 1. The molecule has 0 saturated carbocycles. The van der Waals surface area contributed by atoms with E-state index in [-0.39, 0.29) is 5.78 Å². The number of hydrogen-bond donors (Lipinski definition) is 0. The number of aromatic nitrogens is 3. The molecule has 1 atom stereocenters. The molecule has 0 N–H and O–H groups in total. The Balaban J connectivity index is 2.02. The topological polar surface area (TPSA) is 57.0 Å². The summed E-state index contributed by atoms with van der Waals surface area (Å²) in [5.74, 6) is -0.206. The first-order valence-corrected chi connectivity index (χ1v) is 8.29. The molecule has 0 spiro atoms. The Morgan fingerprint density at radius 3 is 2.19 bits per heavy atom. The summed E-state index contributed by atoms with van der Waals surface area (Å²) in [4.78, 5) is 13.6. The average molecular weight is 343 g/mol. The molecule has 4 aromatic rings. The quantitative estimate of drug-likeness (QED) is 0.519. The smallest absolute Gasteiger partial charge is 0.253 e. The highest BCUT2D eigenvalue weighted by molar-refractivity contribution is 6.03. The molecule has 0 saturated heterocycles. The molecule has 0 aliphatic rings. The lowest BCUT2D eigenvalue weighted by molar-refractivity contribution is -0.0259. The summed E-state index contributed by atoms with van der Waals surface area (Å²) in [6.07, 6.45) is 0. The van der Waals surface area contributed by atoms with Gasteiger partial charge in [0.25, 0.3) is 5.72 Å². The van der Waals surface area contributed by atoms with Crippen LogP contribution in [0.15, 0.2) is 84.9 Å². The van der Waals surface area contributed by atoms with Gasteiger partial charge in [0.1, 0.15) is 5.52 Å². The second-order valence-corrected chi connectivity index (χ2v) is 5.90. The fraction of sp³-hybridized carbons (Fsp3) is 0.0952. The number of fused-ring (bicyclic) bond motifs is 1. The summed E-state index contributed by atoms with van der Waals surface area (Å²) in [7, 11) is 1.52. The van der Waals surface area contributed by atoms with E-state index in [9.17, 15) is 4.79 Å². The van der Waals surface area contributed by atoms with E-state index in [1.807, 2.05) is 72.8 Å². The van der Waals surface area contributed by atoms with Gasteiger partial charge < -0.3 is 4.74 Å². The van der Waals surface area contributed by atoms with Crippen molar-refractivity contribution in [3.8, 4) is 0 Å². The van der Waals surface area contributed by atoms with Crippen LogP contribution in [0.2, 0.25) is 0 Å². The van der Waals surface area contributed by atoms with Gasteiger partial charge in [-0.1, -0.05) is 78.0 Å². The number of nitrogens with zero attached hydrogens (tertiary/aromatic N) is 3. The molecule has 3 aromatic carbocycles. The summed E-state index contributed by atoms with van der Waals surface area (Å²) in [6, 6.07) is 26.0. The molecule has 4 rings (SSSR count). The molecule has 1 unspecified atom stereocenters. The van der Waals surface area contributed by atoms with Crippen molar-refractivity contribution in [2.75, 3.05) is 7.11 Å². The van der Waals surface area contributed by atoms with Crippen LogP contribution in [0.1, 0.15) is 15.9 Å². The maximum atomic E-state index is 13.6. The van der Waals surface area contributed by atoms with Crippen molar-refractivity contribution in [3.63, 3.8) is 0 Å². The van der Waals surface area contributed by atoms with Crippen LogP contribution in [0.25, 0.3) is 11.0 Å². The Hall–Kier alpha value is -3.31. The number of carbonyl (C=O) groups is 1. The maximum Gasteiger partial charge on any atom is 0.253 e. The third-order valence-electron chi connectivity index (χ3n) is 4.45. The number of methoxy groups -OCH3 is 1. The highest BCUT2D eigenvalue weighted by Gasteiger charge is 2.45. The Labute approximate surface area is 150 Å². The maximum absolute atomic E-state index is 13.6. The van der Waals surface area contributed by atoms with Crippen molar-refractivity contribution in [1.82, 2.24) is 15.0 Å². The standard InChI is InChI=1S/C21H17N3O2/c1-26-21(17-12-6-3-7-13-17,20(25)16-10-4-2-5-11-16)24-19-15-9-8-14-18(19)22-23-24/h2-15H,1H3. The van der Waals surface area contributed by atoms with Gasteiger partial charge in [-0.05, 0) is 12.1 Å². The zero-order chi connectivity index (χ0) is 18.0. The first-order valence-electron chi connectivity index (χ1n) is 8.29. The van der Waals surface area contributed by atoms with Gasteiger partial charge in [0.05, 0.1) is 5.52 Å². The molecule has 1 aromatic heterocycles. The predicted molar refractivity (Wildman–Crippen MR) is 98.8 cm³/mol. The lowest BCUT2D eigenvalue weighted by Gasteiger charge is -2.31. The average Bonchev–Trinajstić information content (AvgIpc) is 3.15. The zero-order valence-electron chi connectivity index (χ0n) is 14.2. The van der Waals surface area contributed by atoms with Gasteiger partial charge in [0.2, 0.25) is 5.78 Å². The molecule has 128 valence electrons. The zero-order valence-corrected chi connectivity index (χ0v) is 14.2. The second kappa shape index (κ2) is 6.54. The summed E-state index contributed by atoms with van der Waals surface area (Å²) >= 11 is 0. The molecule has 5 nitrogen and oxygen atoms in total. The number of hydrogen-bond acceptors (Lipinski definition) is 4. The van der Waals surface area contributed by atoms with Crippen LogP contribution >= 0.6 is 0 Å². The molecular formula is C21H17N3O2. The molecule has 0 aliphatic heterocycles. The van der Waals surface area contributed by atoms with Gasteiger partial charge in [-0.15, -0.1) is 5.10 Å². The van der Waals surface area contributed by atoms with Crippen molar-refractivity contribution in [3.05, 3.63) is 96.1 Å². The number of benzene rings is 3. The van der Waals surface area contributed by atoms with Gasteiger partial charge >= 0.3 is 0 Å². The SMILES string of the molecule is COC(C(=O)c1ccccc1)(c1ccccc1)n1nnc2ccccc21. The van der Waals surface area contributed by atoms with E-state index in [4.69, 9.17) is 4.74 Å². The van der Waals surface area contributed by atoms with E-state index in [0.717, 1.165) is 5.52 Å². The fourth-order valence-corrected chi connectivity index (χ4v) is 3.20. The second-order valence-electron chi connectivity index (χ2n) is 5.90. The van der Waals surface area contributed by atoms with Crippen molar-refractivity contribution in [2.24, 2.45) is 0 Å². The van der Waals surface area contributed by atoms with Crippen LogP contribution in [0.5, 0.6) is 0 Å². The summed E-state index contributed by atoms with van der Waals surface area (Å²) < 4.78 is 7.47. The van der Waals surface area contributed by atoms with Crippen molar-refractivity contribution in [1.29, 1.82) is 0 Å². The molecule has 0 fully saturated rings. The van der Waals surface area contributed by atoms with Crippen LogP contribution in [-0.4, -0.2) is 27.9 Å². The largest absolute Gasteiger partial charge is 0.347 e. The molecule has 1 heterocycles. The predicted octanol–water partition coefficient (Wildman–Crippen LogP) is 3.66. The normalized spacial score (nSPS) is 13.4. The van der Waals surface area contributed by atoms with Gasteiger partial charge in [0, 0.05) is 18.2 Å². The Morgan fingerprint density at radius 1 is 0.885 bits per heavy atom. The molecule has 5 heteroatoms.